The second-order valence-corrected chi connectivity index (χ2v) is 5.88. The molecule has 0 saturated heterocycles. The third-order valence-corrected chi connectivity index (χ3v) is 4.30. The summed E-state index contributed by atoms with van der Waals surface area (Å²) in [6.45, 7) is 0. The number of nitrogens with zero attached hydrogens (tertiary/aromatic N) is 4. The second kappa shape index (κ2) is 7.22. The number of ether oxygens (including phenoxy) is 1. The summed E-state index contributed by atoms with van der Waals surface area (Å²) < 4.78 is 10.3. The van der Waals surface area contributed by atoms with Crippen LogP contribution in [0.25, 0.3) is 11.4 Å². The van der Waals surface area contributed by atoms with Gasteiger partial charge in [0.05, 0.1) is 7.11 Å². The summed E-state index contributed by atoms with van der Waals surface area (Å²) in [4.78, 5) is 22.1. The van der Waals surface area contributed by atoms with E-state index >= 15 is 0 Å². The highest BCUT2D eigenvalue weighted by atomic mass is 32.1. The topological polar surface area (TPSA) is 81.4 Å². The van der Waals surface area contributed by atoms with Crippen molar-refractivity contribution in [3.05, 3.63) is 41.7 Å². The average Bonchev–Trinajstić information content (AvgIpc) is 3.31. The maximum atomic E-state index is 12.2. The second-order valence-electron chi connectivity index (χ2n) is 5.01. The lowest BCUT2D eigenvalue weighted by Crippen LogP contribution is -2.26. The molecule has 2 aromatic heterocycles. The van der Waals surface area contributed by atoms with Crippen molar-refractivity contribution < 1.29 is 14.1 Å². The Labute approximate surface area is 142 Å². The molecular weight excluding hydrogens is 328 g/mol. The van der Waals surface area contributed by atoms with Gasteiger partial charge in [-0.1, -0.05) is 5.16 Å². The number of anilines is 1. The number of carbonyl (C=O) groups excluding carboxylic acids is 1. The van der Waals surface area contributed by atoms with Crippen molar-refractivity contribution in [1.29, 1.82) is 0 Å². The van der Waals surface area contributed by atoms with E-state index < -0.39 is 0 Å². The first kappa shape index (κ1) is 16.1. The minimum Gasteiger partial charge on any atom is -0.497 e. The molecular formula is C16H16N4O3S. The highest BCUT2D eigenvalue weighted by molar-refractivity contribution is 7.13. The molecule has 0 bridgehead atoms. The molecule has 8 heteroatoms. The predicted molar refractivity (Wildman–Crippen MR) is 90.1 cm³/mol. The lowest BCUT2D eigenvalue weighted by atomic mass is 10.2. The van der Waals surface area contributed by atoms with Crippen LogP contribution >= 0.6 is 11.3 Å². The number of thiazole rings is 1. The zero-order valence-corrected chi connectivity index (χ0v) is 14.1. The molecule has 0 saturated carbocycles. The van der Waals surface area contributed by atoms with E-state index in [0.29, 0.717) is 23.3 Å². The number of hydrogen-bond acceptors (Lipinski definition) is 7. The fourth-order valence-corrected chi connectivity index (χ4v) is 2.71. The van der Waals surface area contributed by atoms with Gasteiger partial charge in [0.15, 0.2) is 5.13 Å². The van der Waals surface area contributed by atoms with E-state index in [-0.39, 0.29) is 12.3 Å². The van der Waals surface area contributed by atoms with Gasteiger partial charge in [0.1, 0.15) is 5.75 Å². The third-order valence-electron chi connectivity index (χ3n) is 3.45. The highest BCUT2D eigenvalue weighted by Crippen LogP contribution is 2.20. The van der Waals surface area contributed by atoms with Crippen LogP contribution in [0, 0.1) is 0 Å². The van der Waals surface area contributed by atoms with Gasteiger partial charge in [0.2, 0.25) is 17.6 Å². The van der Waals surface area contributed by atoms with E-state index in [0.717, 1.165) is 11.3 Å². The molecule has 124 valence electrons. The summed E-state index contributed by atoms with van der Waals surface area (Å²) in [5.41, 5.74) is 0.831. The van der Waals surface area contributed by atoms with Crippen LogP contribution in [-0.2, 0) is 11.2 Å². The quantitative estimate of drug-likeness (QED) is 0.684. The molecule has 0 fully saturated rings. The van der Waals surface area contributed by atoms with Crippen molar-refractivity contribution >= 4 is 22.4 Å². The maximum Gasteiger partial charge on any atom is 0.229 e. The van der Waals surface area contributed by atoms with Crippen molar-refractivity contribution in [1.82, 2.24) is 15.1 Å². The van der Waals surface area contributed by atoms with Crippen LogP contribution < -0.4 is 9.64 Å². The Balaban J connectivity index is 1.60. The molecule has 3 rings (SSSR count). The van der Waals surface area contributed by atoms with Crippen LogP contribution in [-0.4, -0.2) is 35.2 Å². The van der Waals surface area contributed by atoms with E-state index in [1.165, 1.54) is 16.2 Å². The van der Waals surface area contributed by atoms with Gasteiger partial charge >= 0.3 is 0 Å². The van der Waals surface area contributed by atoms with Gasteiger partial charge < -0.3 is 9.26 Å². The standard InChI is InChI=1S/C16H16N4O3S/c1-20(16-17-9-10-24-16)14(21)8-7-13-18-15(19-23-13)11-3-5-12(22-2)6-4-11/h3-6,9-10H,7-8H2,1-2H3. The van der Waals surface area contributed by atoms with Crippen LogP contribution in [0.15, 0.2) is 40.4 Å². The first-order chi connectivity index (χ1) is 11.7. The SMILES string of the molecule is COc1ccc(-c2noc(CCC(=O)N(C)c3nccs3)n2)cc1. The molecule has 24 heavy (non-hydrogen) atoms. The van der Waals surface area contributed by atoms with Gasteiger partial charge in [-0.25, -0.2) is 4.98 Å². The van der Waals surface area contributed by atoms with Crippen molar-refractivity contribution in [2.45, 2.75) is 12.8 Å². The lowest BCUT2D eigenvalue weighted by Gasteiger charge is -2.12. The van der Waals surface area contributed by atoms with E-state index in [1.807, 2.05) is 29.6 Å². The largest absolute Gasteiger partial charge is 0.497 e. The van der Waals surface area contributed by atoms with Gasteiger partial charge in [0.25, 0.3) is 0 Å². The normalized spacial score (nSPS) is 10.6. The molecule has 0 spiro atoms. The van der Waals surface area contributed by atoms with Gasteiger partial charge in [-0.05, 0) is 24.3 Å². The lowest BCUT2D eigenvalue weighted by molar-refractivity contribution is -0.118. The summed E-state index contributed by atoms with van der Waals surface area (Å²) >= 11 is 1.42. The predicted octanol–water partition coefficient (Wildman–Crippen LogP) is 2.80. The Kier molecular flexibility index (Phi) is 4.85. The monoisotopic (exact) mass is 344 g/mol. The molecule has 0 radical (unpaired) electrons. The molecule has 1 aromatic carbocycles. The number of aromatic nitrogens is 3. The molecule has 2 heterocycles. The van der Waals surface area contributed by atoms with E-state index in [2.05, 4.69) is 15.1 Å². The van der Waals surface area contributed by atoms with E-state index in [9.17, 15) is 4.79 Å². The third kappa shape index (κ3) is 3.60. The molecule has 7 nitrogen and oxygen atoms in total. The number of methoxy groups -OCH3 is 1. The Morgan fingerprint density at radius 1 is 1.33 bits per heavy atom. The maximum absolute atomic E-state index is 12.2. The number of amides is 1. The number of hydrogen-bond donors (Lipinski definition) is 0. The first-order valence-electron chi connectivity index (χ1n) is 7.30. The molecule has 0 N–H and O–H groups in total. The molecule has 0 aliphatic rings. The fourth-order valence-electron chi connectivity index (χ4n) is 2.08. The molecule has 0 aliphatic carbocycles. The molecule has 0 aliphatic heterocycles. The fraction of sp³-hybridized carbons (Fsp3) is 0.250. The summed E-state index contributed by atoms with van der Waals surface area (Å²) in [5.74, 6) is 1.64. The summed E-state index contributed by atoms with van der Waals surface area (Å²) in [5, 5.41) is 6.45. The minimum atomic E-state index is -0.0471. The Bertz CT molecular complexity index is 799. The first-order valence-corrected chi connectivity index (χ1v) is 8.18. The van der Waals surface area contributed by atoms with Gasteiger partial charge in [0, 0.05) is 37.0 Å². The number of rotatable bonds is 6. The van der Waals surface area contributed by atoms with Crippen molar-refractivity contribution in [2.24, 2.45) is 0 Å². The van der Waals surface area contributed by atoms with Crippen LogP contribution in [0.4, 0.5) is 5.13 Å². The zero-order valence-electron chi connectivity index (χ0n) is 13.3. The van der Waals surface area contributed by atoms with E-state index in [1.54, 1.807) is 20.4 Å². The molecule has 0 atom stereocenters. The summed E-state index contributed by atoms with van der Waals surface area (Å²) in [7, 11) is 3.32. The van der Waals surface area contributed by atoms with E-state index in [4.69, 9.17) is 9.26 Å². The number of carbonyl (C=O) groups is 1. The van der Waals surface area contributed by atoms with Crippen molar-refractivity contribution in [2.75, 3.05) is 19.1 Å². The van der Waals surface area contributed by atoms with Crippen molar-refractivity contribution in [3.63, 3.8) is 0 Å². The number of benzene rings is 1. The van der Waals surface area contributed by atoms with Gasteiger partial charge in [-0.2, -0.15) is 4.98 Å². The number of aryl methyl sites for hydroxylation is 1. The van der Waals surface area contributed by atoms with Crippen LogP contribution in [0.5, 0.6) is 5.75 Å². The van der Waals surface area contributed by atoms with Crippen LogP contribution in [0.1, 0.15) is 12.3 Å². The van der Waals surface area contributed by atoms with Crippen LogP contribution in [0.3, 0.4) is 0 Å². The Morgan fingerprint density at radius 3 is 2.79 bits per heavy atom. The highest BCUT2D eigenvalue weighted by Gasteiger charge is 2.15. The van der Waals surface area contributed by atoms with Crippen LogP contribution in [0.2, 0.25) is 0 Å². The van der Waals surface area contributed by atoms with Gasteiger partial charge in [-0.3, -0.25) is 9.69 Å². The smallest absolute Gasteiger partial charge is 0.229 e. The summed E-state index contributed by atoms with van der Waals surface area (Å²) in [6.07, 6.45) is 2.33. The molecule has 3 aromatic rings. The Morgan fingerprint density at radius 2 is 2.12 bits per heavy atom. The summed E-state index contributed by atoms with van der Waals surface area (Å²) in [6, 6.07) is 7.37. The average molecular weight is 344 g/mol. The molecule has 0 unspecified atom stereocenters. The van der Waals surface area contributed by atoms with Crippen molar-refractivity contribution in [3.8, 4) is 17.1 Å². The molecule has 1 amide bonds. The Hall–Kier alpha value is -2.74. The van der Waals surface area contributed by atoms with Gasteiger partial charge in [-0.15, -0.1) is 11.3 Å². The minimum absolute atomic E-state index is 0.0471. The zero-order chi connectivity index (χ0) is 16.9.